The topological polar surface area (TPSA) is 87.9 Å². The van der Waals surface area contributed by atoms with E-state index < -0.39 is 11.9 Å². The van der Waals surface area contributed by atoms with E-state index in [2.05, 4.69) is 20.9 Å². The average Bonchev–Trinajstić information content (AvgIpc) is 3.25. The number of hydrogen-bond donors (Lipinski definition) is 0. The van der Waals surface area contributed by atoms with Gasteiger partial charge in [-0.05, 0) is 25.1 Å². The number of ether oxygens (including phenoxy) is 3. The van der Waals surface area contributed by atoms with Gasteiger partial charge in [0, 0.05) is 22.3 Å². The van der Waals surface area contributed by atoms with Crippen molar-refractivity contribution in [2.45, 2.75) is 20.1 Å². The van der Waals surface area contributed by atoms with Crippen molar-refractivity contribution in [3.63, 3.8) is 0 Å². The number of methoxy groups -OCH3 is 1. The van der Waals surface area contributed by atoms with Crippen LogP contribution in [0.25, 0.3) is 11.0 Å². The highest BCUT2D eigenvalue weighted by atomic mass is 79.9. The van der Waals surface area contributed by atoms with Gasteiger partial charge in [-0.1, -0.05) is 15.9 Å². The molecule has 3 aromatic rings. The van der Waals surface area contributed by atoms with Crippen LogP contribution in [0.3, 0.4) is 0 Å². The van der Waals surface area contributed by atoms with E-state index in [1.165, 1.54) is 11.3 Å². The first kappa shape index (κ1) is 19.5. The lowest BCUT2D eigenvalue weighted by molar-refractivity contribution is 0.0431. The molecule has 2 aromatic heterocycles. The molecule has 9 heteroatoms. The molecule has 0 atom stereocenters. The molecule has 0 saturated heterocycles. The van der Waals surface area contributed by atoms with Crippen molar-refractivity contribution in [3.05, 3.63) is 50.1 Å². The summed E-state index contributed by atoms with van der Waals surface area (Å²) in [5.41, 5.74) is 1.15. The van der Waals surface area contributed by atoms with E-state index in [4.69, 9.17) is 18.6 Å². The first-order valence-corrected chi connectivity index (χ1v) is 9.69. The maximum Gasteiger partial charge on any atom is 0.374 e. The van der Waals surface area contributed by atoms with Crippen molar-refractivity contribution in [3.8, 4) is 0 Å². The zero-order valence-electron chi connectivity index (χ0n) is 14.6. The molecule has 142 valence electrons. The number of nitrogens with zero attached hydrogens (tertiary/aromatic N) is 1. The van der Waals surface area contributed by atoms with Gasteiger partial charge >= 0.3 is 11.9 Å². The zero-order chi connectivity index (χ0) is 19.4. The Morgan fingerprint density at radius 1 is 1.22 bits per heavy atom. The van der Waals surface area contributed by atoms with Gasteiger partial charge in [0.2, 0.25) is 5.76 Å². The van der Waals surface area contributed by atoms with Gasteiger partial charge in [0.05, 0.1) is 18.8 Å². The highest BCUT2D eigenvalue weighted by Gasteiger charge is 2.24. The molecular weight excluding hydrogens is 438 g/mol. The van der Waals surface area contributed by atoms with Gasteiger partial charge in [0.1, 0.15) is 17.2 Å². The van der Waals surface area contributed by atoms with Gasteiger partial charge in [-0.25, -0.2) is 14.6 Å². The summed E-state index contributed by atoms with van der Waals surface area (Å²) < 4.78 is 21.8. The molecule has 2 heterocycles. The van der Waals surface area contributed by atoms with Crippen LogP contribution in [0.2, 0.25) is 0 Å². The van der Waals surface area contributed by atoms with E-state index >= 15 is 0 Å². The number of esters is 2. The number of furan rings is 1. The van der Waals surface area contributed by atoms with Crippen molar-refractivity contribution in [2.24, 2.45) is 0 Å². The maximum absolute atomic E-state index is 12.3. The second kappa shape index (κ2) is 8.64. The van der Waals surface area contributed by atoms with Crippen LogP contribution in [-0.4, -0.2) is 30.6 Å². The number of hydrogen-bond acceptors (Lipinski definition) is 8. The number of halogens is 1. The van der Waals surface area contributed by atoms with Crippen molar-refractivity contribution in [2.75, 3.05) is 13.7 Å². The molecule has 0 aliphatic rings. The molecule has 0 amide bonds. The third-order valence-electron chi connectivity index (χ3n) is 3.59. The smallest absolute Gasteiger partial charge is 0.374 e. The molecule has 3 rings (SSSR count). The van der Waals surface area contributed by atoms with Crippen molar-refractivity contribution in [1.82, 2.24) is 4.98 Å². The van der Waals surface area contributed by atoms with Crippen molar-refractivity contribution < 1.29 is 28.2 Å². The quantitative estimate of drug-likeness (QED) is 0.491. The molecule has 0 saturated carbocycles. The minimum Gasteiger partial charge on any atom is -0.460 e. The van der Waals surface area contributed by atoms with E-state index in [1.807, 2.05) is 0 Å². The van der Waals surface area contributed by atoms with E-state index in [0.29, 0.717) is 28.1 Å². The molecule has 0 aliphatic heterocycles. The van der Waals surface area contributed by atoms with E-state index in [-0.39, 0.29) is 24.7 Å². The molecule has 0 fully saturated rings. The van der Waals surface area contributed by atoms with Crippen LogP contribution in [0, 0.1) is 0 Å². The summed E-state index contributed by atoms with van der Waals surface area (Å²) in [6, 6.07) is 5.32. The summed E-state index contributed by atoms with van der Waals surface area (Å²) in [5.74, 6) is -1.17. The predicted molar refractivity (Wildman–Crippen MR) is 102 cm³/mol. The second-order valence-electron chi connectivity index (χ2n) is 5.41. The van der Waals surface area contributed by atoms with Gasteiger partial charge in [-0.15, -0.1) is 11.3 Å². The van der Waals surface area contributed by atoms with Crippen LogP contribution in [0.4, 0.5) is 0 Å². The Bertz CT molecular complexity index is 980. The first-order chi connectivity index (χ1) is 13.0. The average molecular weight is 454 g/mol. The second-order valence-corrected chi connectivity index (χ2v) is 7.26. The Kier molecular flexibility index (Phi) is 6.25. The van der Waals surface area contributed by atoms with Crippen LogP contribution < -0.4 is 0 Å². The minimum absolute atomic E-state index is 0.0242. The summed E-state index contributed by atoms with van der Waals surface area (Å²) in [6.07, 6.45) is 0. The monoisotopic (exact) mass is 453 g/mol. The Morgan fingerprint density at radius 2 is 2.04 bits per heavy atom. The molecule has 7 nitrogen and oxygen atoms in total. The number of carbonyl (C=O) groups is 2. The van der Waals surface area contributed by atoms with Gasteiger partial charge in [0.15, 0.2) is 5.69 Å². The third kappa shape index (κ3) is 4.37. The summed E-state index contributed by atoms with van der Waals surface area (Å²) in [4.78, 5) is 28.7. The lowest BCUT2D eigenvalue weighted by Gasteiger charge is -2.04. The van der Waals surface area contributed by atoms with Gasteiger partial charge < -0.3 is 18.6 Å². The fourth-order valence-corrected chi connectivity index (χ4v) is 3.53. The fourth-order valence-electron chi connectivity index (χ4n) is 2.43. The third-order valence-corrected chi connectivity index (χ3v) is 4.91. The standard InChI is InChI=1S/C18H16BrNO6S/c1-3-24-18(22)16-12(11-6-10(19)4-5-14(11)26-16)7-25-17(21)13-9-27-15(20-13)8-23-2/h4-6,9H,3,7-8H2,1-2H3. The lowest BCUT2D eigenvalue weighted by Crippen LogP contribution is -2.10. The molecule has 0 radical (unpaired) electrons. The largest absolute Gasteiger partial charge is 0.460 e. The molecule has 0 aliphatic carbocycles. The lowest BCUT2D eigenvalue weighted by atomic mass is 10.1. The van der Waals surface area contributed by atoms with E-state index in [9.17, 15) is 9.59 Å². The highest BCUT2D eigenvalue weighted by molar-refractivity contribution is 9.10. The predicted octanol–water partition coefficient (Wildman–Crippen LogP) is 4.33. The number of carbonyl (C=O) groups excluding carboxylic acids is 2. The molecule has 27 heavy (non-hydrogen) atoms. The maximum atomic E-state index is 12.3. The summed E-state index contributed by atoms with van der Waals surface area (Å²) in [6.45, 7) is 2.09. The van der Waals surface area contributed by atoms with Crippen molar-refractivity contribution >= 4 is 50.2 Å². The molecule has 0 bridgehead atoms. The summed E-state index contributed by atoms with van der Waals surface area (Å²) >= 11 is 4.70. The number of benzene rings is 1. The van der Waals surface area contributed by atoms with Crippen molar-refractivity contribution in [1.29, 1.82) is 0 Å². The number of aromatic nitrogens is 1. The van der Waals surface area contributed by atoms with E-state index in [1.54, 1.807) is 37.6 Å². The highest BCUT2D eigenvalue weighted by Crippen LogP contribution is 2.30. The molecule has 0 unspecified atom stereocenters. The molecular formula is C18H16BrNO6S. The first-order valence-electron chi connectivity index (χ1n) is 8.02. The minimum atomic E-state index is -0.605. The van der Waals surface area contributed by atoms with Gasteiger partial charge in [-0.3, -0.25) is 0 Å². The fraction of sp³-hybridized carbons (Fsp3) is 0.278. The summed E-state index contributed by atoms with van der Waals surface area (Å²) in [5, 5.41) is 2.94. The Labute approximate surface area is 167 Å². The van der Waals surface area contributed by atoms with Gasteiger partial charge in [0.25, 0.3) is 0 Å². The normalized spacial score (nSPS) is 10.9. The number of rotatable bonds is 7. The van der Waals surface area contributed by atoms with Crippen LogP contribution in [-0.2, 0) is 27.4 Å². The Hall–Kier alpha value is -2.23. The van der Waals surface area contributed by atoms with Crippen LogP contribution >= 0.6 is 27.3 Å². The van der Waals surface area contributed by atoms with Crippen LogP contribution in [0.1, 0.15) is 38.5 Å². The molecule has 0 N–H and O–H groups in total. The summed E-state index contributed by atoms with van der Waals surface area (Å²) in [7, 11) is 1.55. The Morgan fingerprint density at radius 3 is 2.78 bits per heavy atom. The van der Waals surface area contributed by atoms with E-state index in [0.717, 1.165) is 4.47 Å². The van der Waals surface area contributed by atoms with Crippen LogP contribution in [0.5, 0.6) is 0 Å². The Balaban J connectivity index is 1.85. The zero-order valence-corrected chi connectivity index (χ0v) is 17.0. The van der Waals surface area contributed by atoms with Crippen LogP contribution in [0.15, 0.2) is 32.5 Å². The van der Waals surface area contributed by atoms with Gasteiger partial charge in [-0.2, -0.15) is 0 Å². The number of thiazole rings is 1. The number of fused-ring (bicyclic) bond motifs is 1. The molecule has 1 aromatic carbocycles. The molecule has 0 spiro atoms. The SMILES string of the molecule is CCOC(=O)c1oc2ccc(Br)cc2c1COC(=O)c1csc(COC)n1.